The Morgan fingerprint density at radius 3 is 2.34 bits per heavy atom. The number of rotatable bonds is 9. The first kappa shape index (κ1) is 27.7. The Morgan fingerprint density at radius 1 is 1.24 bits per heavy atom. The number of guanidine groups is 1. The molecular formula is C20H40IN5O3. The summed E-state index contributed by atoms with van der Waals surface area (Å²) in [4.78, 5) is 30.4. The number of hydrogen-bond donors (Lipinski definition) is 3. The predicted molar refractivity (Wildman–Crippen MR) is 128 cm³/mol. The van der Waals surface area contributed by atoms with Gasteiger partial charge in [0.25, 0.3) is 0 Å². The Morgan fingerprint density at radius 2 is 1.86 bits per heavy atom. The van der Waals surface area contributed by atoms with E-state index in [0.29, 0.717) is 18.5 Å². The molecule has 170 valence electrons. The van der Waals surface area contributed by atoms with E-state index in [2.05, 4.69) is 34.8 Å². The minimum Gasteiger partial charge on any atom is -0.444 e. The number of amides is 2. The van der Waals surface area contributed by atoms with Crippen LogP contribution in [0.2, 0.25) is 0 Å². The van der Waals surface area contributed by atoms with Crippen molar-refractivity contribution < 1.29 is 14.3 Å². The van der Waals surface area contributed by atoms with Crippen LogP contribution in [-0.2, 0) is 9.53 Å². The molecule has 0 saturated heterocycles. The van der Waals surface area contributed by atoms with E-state index in [9.17, 15) is 9.59 Å². The summed E-state index contributed by atoms with van der Waals surface area (Å²) in [6.45, 7) is 13.2. The van der Waals surface area contributed by atoms with Crippen molar-refractivity contribution in [2.24, 2.45) is 10.9 Å². The van der Waals surface area contributed by atoms with Crippen molar-refractivity contribution in [3.8, 4) is 0 Å². The van der Waals surface area contributed by atoms with Crippen molar-refractivity contribution in [3.05, 3.63) is 0 Å². The zero-order chi connectivity index (χ0) is 21.3. The Hall–Kier alpha value is -1.26. The van der Waals surface area contributed by atoms with Crippen LogP contribution in [0.1, 0.15) is 60.8 Å². The van der Waals surface area contributed by atoms with Crippen LogP contribution in [0.3, 0.4) is 0 Å². The van der Waals surface area contributed by atoms with Gasteiger partial charge in [-0.2, -0.15) is 0 Å². The Balaban J connectivity index is 0.00000784. The van der Waals surface area contributed by atoms with E-state index in [0.717, 1.165) is 25.8 Å². The molecule has 0 aliphatic heterocycles. The van der Waals surface area contributed by atoms with Crippen molar-refractivity contribution in [3.63, 3.8) is 0 Å². The van der Waals surface area contributed by atoms with Gasteiger partial charge in [-0.05, 0) is 52.9 Å². The molecule has 1 fully saturated rings. The van der Waals surface area contributed by atoms with Crippen LogP contribution in [0, 0.1) is 5.92 Å². The molecule has 0 spiro atoms. The standard InChI is InChI=1S/C20H39N5O3.HI/c1-8-21-18(22-13-17(26)23-15-9-10-15)25(7)12-11-16(14(2)3)24-19(27)28-20(4,5)6;/h14-16H,8-13H2,1-7H3,(H,21,22)(H,23,26)(H,24,27);1H. The molecule has 9 heteroatoms. The summed E-state index contributed by atoms with van der Waals surface area (Å²) in [5.41, 5.74) is -0.520. The quantitative estimate of drug-likeness (QED) is 0.245. The second-order valence-electron chi connectivity index (χ2n) is 8.72. The van der Waals surface area contributed by atoms with E-state index in [1.165, 1.54) is 0 Å². The van der Waals surface area contributed by atoms with Gasteiger partial charge in [0.05, 0.1) is 0 Å². The third kappa shape index (κ3) is 12.8. The Bertz CT molecular complexity index is 545. The highest BCUT2D eigenvalue weighted by Gasteiger charge is 2.24. The first-order valence-electron chi connectivity index (χ1n) is 10.3. The molecule has 29 heavy (non-hydrogen) atoms. The van der Waals surface area contributed by atoms with Gasteiger partial charge in [-0.25, -0.2) is 9.79 Å². The highest BCUT2D eigenvalue weighted by atomic mass is 127. The minimum atomic E-state index is -0.520. The third-order valence-corrected chi connectivity index (χ3v) is 4.29. The van der Waals surface area contributed by atoms with Gasteiger partial charge in [0.2, 0.25) is 5.91 Å². The summed E-state index contributed by atoms with van der Waals surface area (Å²) in [7, 11) is 1.94. The van der Waals surface area contributed by atoms with E-state index < -0.39 is 11.7 Å². The maximum absolute atomic E-state index is 12.1. The van der Waals surface area contributed by atoms with Gasteiger partial charge in [-0.15, -0.1) is 24.0 Å². The number of nitrogens with zero attached hydrogens (tertiary/aromatic N) is 2. The zero-order valence-electron chi connectivity index (χ0n) is 19.0. The van der Waals surface area contributed by atoms with Gasteiger partial charge < -0.3 is 25.6 Å². The minimum absolute atomic E-state index is 0. The molecule has 1 aliphatic rings. The molecule has 1 unspecified atom stereocenters. The SMILES string of the molecule is CCNC(=NCC(=O)NC1CC1)N(C)CCC(NC(=O)OC(C)(C)C)C(C)C.I. The molecule has 0 radical (unpaired) electrons. The first-order valence-corrected chi connectivity index (χ1v) is 10.3. The lowest BCUT2D eigenvalue weighted by Crippen LogP contribution is -2.45. The van der Waals surface area contributed by atoms with Crippen molar-refractivity contribution in [1.29, 1.82) is 0 Å². The van der Waals surface area contributed by atoms with Gasteiger partial charge in [0, 0.05) is 32.2 Å². The van der Waals surface area contributed by atoms with E-state index in [1.807, 2.05) is 39.6 Å². The molecule has 1 aliphatic carbocycles. The van der Waals surface area contributed by atoms with Crippen molar-refractivity contribution in [1.82, 2.24) is 20.9 Å². The summed E-state index contributed by atoms with van der Waals surface area (Å²) in [6, 6.07) is 0.326. The molecule has 1 saturated carbocycles. The van der Waals surface area contributed by atoms with Gasteiger partial charge in [-0.1, -0.05) is 13.8 Å². The Labute approximate surface area is 193 Å². The highest BCUT2D eigenvalue weighted by molar-refractivity contribution is 14.0. The van der Waals surface area contributed by atoms with Crippen LogP contribution < -0.4 is 16.0 Å². The van der Waals surface area contributed by atoms with Crippen LogP contribution in [0.25, 0.3) is 0 Å². The van der Waals surface area contributed by atoms with Crippen molar-refractivity contribution in [2.75, 3.05) is 26.7 Å². The van der Waals surface area contributed by atoms with Crippen LogP contribution in [0.15, 0.2) is 4.99 Å². The van der Waals surface area contributed by atoms with E-state index in [4.69, 9.17) is 4.74 Å². The lowest BCUT2D eigenvalue weighted by Gasteiger charge is -2.28. The molecule has 2 amide bonds. The van der Waals surface area contributed by atoms with Gasteiger partial charge in [-0.3, -0.25) is 4.79 Å². The molecule has 8 nitrogen and oxygen atoms in total. The van der Waals surface area contributed by atoms with Gasteiger partial charge in [0.1, 0.15) is 12.1 Å². The highest BCUT2D eigenvalue weighted by Crippen LogP contribution is 2.18. The average Bonchev–Trinajstić information content (AvgIpc) is 3.36. The maximum Gasteiger partial charge on any atom is 0.407 e. The molecule has 0 heterocycles. The van der Waals surface area contributed by atoms with Crippen LogP contribution >= 0.6 is 24.0 Å². The second kappa shape index (κ2) is 13.1. The number of carbonyl (C=O) groups excluding carboxylic acids is 2. The second-order valence-corrected chi connectivity index (χ2v) is 8.72. The fraction of sp³-hybridized carbons (Fsp3) is 0.850. The predicted octanol–water partition coefficient (Wildman–Crippen LogP) is 2.72. The lowest BCUT2D eigenvalue weighted by atomic mass is 10.0. The molecular weight excluding hydrogens is 485 g/mol. The topological polar surface area (TPSA) is 95.1 Å². The maximum atomic E-state index is 12.1. The van der Waals surface area contributed by atoms with Crippen LogP contribution in [0.4, 0.5) is 4.79 Å². The van der Waals surface area contributed by atoms with E-state index in [-0.39, 0.29) is 48.4 Å². The molecule has 0 aromatic carbocycles. The number of hydrogen-bond acceptors (Lipinski definition) is 4. The summed E-state index contributed by atoms with van der Waals surface area (Å²) in [5, 5.41) is 9.12. The van der Waals surface area contributed by atoms with E-state index in [1.54, 1.807) is 0 Å². The third-order valence-electron chi connectivity index (χ3n) is 4.29. The normalized spacial score (nSPS) is 15.2. The number of nitrogens with one attached hydrogen (secondary N) is 3. The van der Waals surface area contributed by atoms with Crippen LogP contribution in [0.5, 0.6) is 0 Å². The largest absolute Gasteiger partial charge is 0.444 e. The summed E-state index contributed by atoms with van der Waals surface area (Å²) >= 11 is 0. The average molecular weight is 525 g/mol. The fourth-order valence-corrected chi connectivity index (χ4v) is 2.59. The number of halogens is 1. The zero-order valence-corrected chi connectivity index (χ0v) is 21.3. The lowest BCUT2D eigenvalue weighted by molar-refractivity contribution is -0.119. The molecule has 0 aromatic rings. The molecule has 3 N–H and O–H groups in total. The van der Waals surface area contributed by atoms with Crippen molar-refractivity contribution in [2.45, 2.75) is 78.5 Å². The first-order chi connectivity index (χ1) is 13.0. The molecule has 1 rings (SSSR count). The van der Waals surface area contributed by atoms with Gasteiger partial charge >= 0.3 is 6.09 Å². The summed E-state index contributed by atoms with van der Waals surface area (Å²) in [5.74, 6) is 0.913. The number of carbonyl (C=O) groups is 2. The summed E-state index contributed by atoms with van der Waals surface area (Å²) in [6.07, 6.45) is 2.48. The van der Waals surface area contributed by atoms with Crippen LogP contribution in [-0.4, -0.2) is 67.2 Å². The number of aliphatic imine (C=N–C) groups is 1. The smallest absolute Gasteiger partial charge is 0.407 e. The summed E-state index contributed by atoms with van der Waals surface area (Å²) < 4.78 is 5.37. The molecule has 0 bridgehead atoms. The van der Waals surface area contributed by atoms with E-state index >= 15 is 0 Å². The Kier molecular flexibility index (Phi) is 12.6. The molecule has 1 atom stereocenters. The van der Waals surface area contributed by atoms with Gasteiger partial charge in [0.15, 0.2) is 5.96 Å². The number of alkyl carbamates (subject to hydrolysis) is 1. The molecule has 0 aromatic heterocycles. The monoisotopic (exact) mass is 525 g/mol. The fourth-order valence-electron chi connectivity index (χ4n) is 2.59. The van der Waals surface area contributed by atoms with Crippen molar-refractivity contribution >= 4 is 41.9 Å². The number of ether oxygens (including phenoxy) is 1.